The van der Waals surface area contributed by atoms with Gasteiger partial charge >= 0.3 is 6.03 Å². The van der Waals surface area contributed by atoms with Gasteiger partial charge in [-0.2, -0.15) is 11.8 Å². The van der Waals surface area contributed by atoms with Gasteiger partial charge in [0.15, 0.2) is 0 Å². The summed E-state index contributed by atoms with van der Waals surface area (Å²) >= 11 is 1.55. The monoisotopic (exact) mass is 286 g/mol. The summed E-state index contributed by atoms with van der Waals surface area (Å²) in [5.74, 6) is -1.50. The second kappa shape index (κ2) is 5.56. The highest BCUT2D eigenvalue weighted by Crippen LogP contribution is 2.24. The maximum atomic E-state index is 13.6. The minimum Gasteiger partial charge on any atom is -0.325 e. The first kappa shape index (κ1) is 13.8. The first-order valence-corrected chi connectivity index (χ1v) is 7.02. The third-order valence-electron chi connectivity index (χ3n) is 2.78. The van der Waals surface area contributed by atoms with E-state index in [1.807, 2.05) is 6.26 Å². The van der Waals surface area contributed by atoms with Gasteiger partial charge in [-0.25, -0.2) is 18.5 Å². The number of thioether (sulfide) groups is 1. The summed E-state index contributed by atoms with van der Waals surface area (Å²) in [6.45, 7) is 0. The quantitative estimate of drug-likeness (QED) is 0.863. The minimum absolute atomic E-state index is 0.226. The van der Waals surface area contributed by atoms with E-state index in [4.69, 9.17) is 0 Å². The summed E-state index contributed by atoms with van der Waals surface area (Å²) in [4.78, 5) is 24.5. The molecule has 19 heavy (non-hydrogen) atoms. The molecular weight excluding hydrogens is 274 g/mol. The van der Waals surface area contributed by atoms with Crippen molar-refractivity contribution in [3.63, 3.8) is 0 Å². The highest BCUT2D eigenvalue weighted by atomic mass is 32.2. The molecular formula is C12H12F2N2O2S. The number of nitrogens with zero attached hydrogens (tertiary/aromatic N) is 1. The number of imide groups is 1. The van der Waals surface area contributed by atoms with Crippen LogP contribution >= 0.6 is 11.8 Å². The van der Waals surface area contributed by atoms with Crippen LogP contribution in [0.5, 0.6) is 0 Å². The molecule has 4 nitrogen and oxygen atoms in total. The maximum Gasteiger partial charge on any atom is 0.329 e. The second-order valence-corrected chi connectivity index (χ2v) is 5.04. The molecule has 2 rings (SSSR count). The molecule has 0 aliphatic carbocycles. The van der Waals surface area contributed by atoms with Gasteiger partial charge in [-0.3, -0.25) is 4.79 Å². The van der Waals surface area contributed by atoms with Crippen molar-refractivity contribution in [1.82, 2.24) is 5.32 Å². The molecule has 102 valence electrons. The Morgan fingerprint density at radius 1 is 1.37 bits per heavy atom. The number of hydrogen-bond donors (Lipinski definition) is 1. The SMILES string of the molecule is CSCCC1NC(=O)N(c2ccc(F)cc2F)C1=O. The van der Waals surface area contributed by atoms with Gasteiger partial charge in [-0.1, -0.05) is 0 Å². The van der Waals surface area contributed by atoms with E-state index in [0.29, 0.717) is 18.2 Å². The van der Waals surface area contributed by atoms with Crippen LogP contribution in [0.4, 0.5) is 19.3 Å². The van der Waals surface area contributed by atoms with E-state index in [2.05, 4.69) is 5.32 Å². The standard InChI is InChI=1S/C12H12F2N2O2S/c1-19-5-4-9-11(17)16(12(18)15-9)10-3-2-7(13)6-8(10)14/h2-3,6,9H,4-5H2,1H3,(H,15,18). The summed E-state index contributed by atoms with van der Waals surface area (Å²) in [6.07, 6.45) is 2.36. The number of hydrogen-bond acceptors (Lipinski definition) is 3. The van der Waals surface area contributed by atoms with E-state index >= 15 is 0 Å². The van der Waals surface area contributed by atoms with Crippen LogP contribution in [0.1, 0.15) is 6.42 Å². The average Bonchev–Trinajstić information content (AvgIpc) is 2.63. The predicted octanol–water partition coefficient (Wildman–Crippen LogP) is 2.14. The fourth-order valence-corrected chi connectivity index (χ4v) is 2.32. The fourth-order valence-electron chi connectivity index (χ4n) is 1.85. The molecule has 1 fully saturated rings. The molecule has 3 amide bonds. The van der Waals surface area contributed by atoms with Gasteiger partial charge in [0, 0.05) is 6.07 Å². The van der Waals surface area contributed by atoms with Crippen molar-refractivity contribution in [3.05, 3.63) is 29.8 Å². The van der Waals surface area contributed by atoms with Gasteiger partial charge in [0.25, 0.3) is 5.91 Å². The summed E-state index contributed by atoms with van der Waals surface area (Å²) in [5, 5.41) is 2.49. The van der Waals surface area contributed by atoms with Crippen LogP contribution in [0.3, 0.4) is 0 Å². The van der Waals surface area contributed by atoms with Crippen LogP contribution in [0.2, 0.25) is 0 Å². The van der Waals surface area contributed by atoms with E-state index < -0.39 is 29.6 Å². The van der Waals surface area contributed by atoms with Gasteiger partial charge in [0.1, 0.15) is 17.7 Å². The topological polar surface area (TPSA) is 49.4 Å². The zero-order valence-electron chi connectivity index (χ0n) is 10.2. The first-order chi connectivity index (χ1) is 9.04. The smallest absolute Gasteiger partial charge is 0.325 e. The molecule has 1 heterocycles. The van der Waals surface area contributed by atoms with Gasteiger partial charge in [-0.05, 0) is 30.6 Å². The molecule has 1 atom stereocenters. The Morgan fingerprint density at radius 2 is 2.11 bits per heavy atom. The molecule has 0 saturated carbocycles. The number of carbonyl (C=O) groups excluding carboxylic acids is 2. The highest BCUT2D eigenvalue weighted by Gasteiger charge is 2.39. The van der Waals surface area contributed by atoms with Crippen molar-refractivity contribution in [2.24, 2.45) is 0 Å². The summed E-state index contributed by atoms with van der Waals surface area (Å²) in [6, 6.07) is 1.41. The molecule has 1 saturated heterocycles. The molecule has 1 aromatic carbocycles. The molecule has 1 aromatic rings. The van der Waals surface area contributed by atoms with Crippen LogP contribution in [-0.4, -0.2) is 30.0 Å². The van der Waals surface area contributed by atoms with Crippen molar-refractivity contribution < 1.29 is 18.4 Å². The normalized spacial score (nSPS) is 18.9. The van der Waals surface area contributed by atoms with Crippen LogP contribution in [-0.2, 0) is 4.79 Å². The second-order valence-electron chi connectivity index (χ2n) is 4.05. The Hall–Kier alpha value is -1.63. The molecule has 0 aromatic heterocycles. The lowest BCUT2D eigenvalue weighted by molar-refractivity contribution is -0.118. The molecule has 0 radical (unpaired) electrons. The third-order valence-corrected chi connectivity index (χ3v) is 3.42. The van der Waals surface area contributed by atoms with E-state index in [0.717, 1.165) is 17.0 Å². The summed E-state index contributed by atoms with van der Waals surface area (Å²) in [7, 11) is 0. The van der Waals surface area contributed by atoms with Gasteiger partial charge < -0.3 is 5.32 Å². The Bertz CT molecular complexity index is 524. The first-order valence-electron chi connectivity index (χ1n) is 5.63. The fraction of sp³-hybridized carbons (Fsp3) is 0.333. The van der Waals surface area contributed by atoms with Crippen molar-refractivity contribution in [2.45, 2.75) is 12.5 Å². The number of nitrogens with one attached hydrogen (secondary N) is 1. The molecule has 1 aliphatic rings. The largest absolute Gasteiger partial charge is 0.329 e. The van der Waals surface area contributed by atoms with E-state index in [9.17, 15) is 18.4 Å². The summed E-state index contributed by atoms with van der Waals surface area (Å²) in [5.41, 5.74) is -0.226. The lowest BCUT2D eigenvalue weighted by Gasteiger charge is -2.13. The molecule has 1 unspecified atom stereocenters. The highest BCUT2D eigenvalue weighted by molar-refractivity contribution is 7.98. The Kier molecular flexibility index (Phi) is 4.04. The predicted molar refractivity (Wildman–Crippen MR) is 69.2 cm³/mol. The van der Waals surface area contributed by atoms with Gasteiger partial charge in [-0.15, -0.1) is 0 Å². The lowest BCUT2D eigenvalue weighted by Crippen LogP contribution is -2.32. The Labute approximate surface area is 113 Å². The Balaban J connectivity index is 2.25. The molecule has 7 heteroatoms. The number of benzene rings is 1. The van der Waals surface area contributed by atoms with E-state index in [1.165, 1.54) is 0 Å². The van der Waals surface area contributed by atoms with Crippen LogP contribution < -0.4 is 10.2 Å². The minimum atomic E-state index is -0.936. The zero-order valence-corrected chi connectivity index (χ0v) is 11.0. The van der Waals surface area contributed by atoms with E-state index in [1.54, 1.807) is 11.8 Å². The zero-order chi connectivity index (χ0) is 14.0. The molecule has 1 aliphatic heterocycles. The maximum absolute atomic E-state index is 13.6. The van der Waals surface area contributed by atoms with Crippen LogP contribution in [0, 0.1) is 11.6 Å². The number of halogens is 2. The number of carbonyl (C=O) groups is 2. The third kappa shape index (κ3) is 2.70. The van der Waals surface area contributed by atoms with Crippen molar-refractivity contribution >= 4 is 29.4 Å². The number of urea groups is 1. The van der Waals surface area contributed by atoms with Crippen molar-refractivity contribution in [1.29, 1.82) is 0 Å². The van der Waals surface area contributed by atoms with Gasteiger partial charge in [0.2, 0.25) is 0 Å². The lowest BCUT2D eigenvalue weighted by atomic mass is 10.2. The number of amides is 3. The number of anilines is 1. The van der Waals surface area contributed by atoms with Crippen molar-refractivity contribution in [2.75, 3.05) is 16.9 Å². The average molecular weight is 286 g/mol. The summed E-state index contributed by atoms with van der Waals surface area (Å²) < 4.78 is 26.4. The molecule has 0 spiro atoms. The van der Waals surface area contributed by atoms with Crippen molar-refractivity contribution in [3.8, 4) is 0 Å². The van der Waals surface area contributed by atoms with Crippen LogP contribution in [0.15, 0.2) is 18.2 Å². The van der Waals surface area contributed by atoms with Gasteiger partial charge in [0.05, 0.1) is 5.69 Å². The van der Waals surface area contributed by atoms with E-state index in [-0.39, 0.29) is 5.69 Å². The Morgan fingerprint density at radius 3 is 2.74 bits per heavy atom. The molecule has 1 N–H and O–H groups in total. The van der Waals surface area contributed by atoms with Crippen LogP contribution in [0.25, 0.3) is 0 Å². The number of rotatable bonds is 4. The molecule has 0 bridgehead atoms.